The zero-order valence-electron chi connectivity index (χ0n) is 25.8. The highest BCUT2D eigenvalue weighted by Gasteiger charge is 2.53. The van der Waals surface area contributed by atoms with Gasteiger partial charge >= 0.3 is 11.9 Å². The molecule has 0 bridgehead atoms. The van der Waals surface area contributed by atoms with Crippen LogP contribution in [-0.4, -0.2) is 127 Å². The van der Waals surface area contributed by atoms with Crippen LogP contribution in [-0.2, 0) is 57.4 Å². The van der Waals surface area contributed by atoms with Crippen LogP contribution in [0, 0.1) is 5.92 Å². The molecule has 0 saturated carbocycles. The number of carbonyl (C=O) groups excluding carboxylic acids is 9. The first-order valence-electron chi connectivity index (χ1n) is 13.8. The molecule has 6 unspecified atom stereocenters. The van der Waals surface area contributed by atoms with Gasteiger partial charge in [-0.1, -0.05) is 13.8 Å². The van der Waals surface area contributed by atoms with Crippen LogP contribution in [0.4, 0.5) is 0 Å². The molecule has 0 aromatic rings. The fourth-order valence-corrected chi connectivity index (χ4v) is 3.72. The van der Waals surface area contributed by atoms with Gasteiger partial charge in [0.05, 0.1) is 20.3 Å². The second-order valence-electron chi connectivity index (χ2n) is 10.1. The number of ether oxygens (including phenoxy) is 3. The average Bonchev–Trinajstić information content (AvgIpc) is 3.80. The third-order valence-corrected chi connectivity index (χ3v) is 6.49. The van der Waals surface area contributed by atoms with Gasteiger partial charge in [-0.25, -0.2) is 9.80 Å². The smallest absolute Gasteiger partial charge is 0.338 e. The summed E-state index contributed by atoms with van der Waals surface area (Å²) in [6.07, 6.45) is -2.56. The number of amides is 7. The van der Waals surface area contributed by atoms with Crippen LogP contribution in [0.15, 0.2) is 0 Å². The molecule has 0 aliphatic carbocycles. The van der Waals surface area contributed by atoms with Crippen LogP contribution >= 0.6 is 12.6 Å². The third-order valence-electron chi connectivity index (χ3n) is 6.13. The van der Waals surface area contributed by atoms with E-state index in [1.54, 1.807) is 20.8 Å². The van der Waals surface area contributed by atoms with Crippen LogP contribution < -0.4 is 38.2 Å². The van der Waals surface area contributed by atoms with Gasteiger partial charge in [0.15, 0.2) is 18.2 Å². The van der Waals surface area contributed by atoms with Crippen molar-refractivity contribution in [3.63, 3.8) is 0 Å². The number of esters is 2. The van der Waals surface area contributed by atoms with E-state index >= 15 is 0 Å². The van der Waals surface area contributed by atoms with Gasteiger partial charge in [0.2, 0.25) is 29.5 Å². The van der Waals surface area contributed by atoms with E-state index in [1.807, 2.05) is 0 Å². The van der Waals surface area contributed by atoms with Gasteiger partial charge in [-0.2, -0.15) is 12.6 Å². The maximum atomic E-state index is 13.0. The predicted molar refractivity (Wildman–Crippen MR) is 158 cm³/mol. The van der Waals surface area contributed by atoms with Crippen molar-refractivity contribution in [3.05, 3.63) is 0 Å². The van der Waals surface area contributed by atoms with Crippen LogP contribution in [0.1, 0.15) is 27.7 Å². The molecule has 1 heterocycles. The normalized spacial score (nSPS) is 17.6. The van der Waals surface area contributed by atoms with Crippen molar-refractivity contribution in [2.24, 2.45) is 17.4 Å². The maximum absolute atomic E-state index is 13.0. The summed E-state index contributed by atoms with van der Waals surface area (Å²) in [5.74, 6) is -9.03. The molecular formula is C25H40N8O12S. The first-order valence-corrected chi connectivity index (χ1v) is 14.5. The number of carbonyl (C=O) groups is 9. The summed E-state index contributed by atoms with van der Waals surface area (Å²) in [5, 5.41) is 9.55. The molecule has 0 aromatic heterocycles. The summed E-state index contributed by atoms with van der Waals surface area (Å²) in [6, 6.07) is -5.61. The lowest BCUT2D eigenvalue weighted by Crippen LogP contribution is -2.60. The van der Waals surface area contributed by atoms with E-state index in [0.717, 1.165) is 7.11 Å². The monoisotopic (exact) mass is 676 g/mol. The topological polar surface area (TPSA) is 300 Å². The van der Waals surface area contributed by atoms with Gasteiger partial charge in [-0.3, -0.25) is 43.8 Å². The number of nitrogens with two attached hydrogens (primary N) is 2. The molecule has 1 fully saturated rings. The lowest BCUT2D eigenvalue weighted by Gasteiger charge is -2.26. The van der Waals surface area contributed by atoms with Crippen molar-refractivity contribution in [1.82, 2.24) is 31.7 Å². The Bertz CT molecular complexity index is 1200. The largest absolute Gasteiger partial charge is 0.468 e. The van der Waals surface area contributed by atoms with Gasteiger partial charge in [-0.05, 0) is 19.8 Å². The first kappa shape index (κ1) is 39.5. The third kappa shape index (κ3) is 12.1. The lowest BCUT2D eigenvalue weighted by molar-refractivity contribution is -0.152. The zero-order valence-corrected chi connectivity index (χ0v) is 26.7. The number of epoxide rings is 1. The molecule has 21 heteroatoms. The minimum Gasteiger partial charge on any atom is -0.468 e. The Balaban J connectivity index is 2.81. The molecule has 46 heavy (non-hydrogen) atoms. The Hall–Kier alpha value is -4.50. The zero-order chi connectivity index (χ0) is 35.3. The quantitative estimate of drug-likeness (QED) is 0.0235. The Labute approximate surface area is 269 Å². The van der Waals surface area contributed by atoms with E-state index in [0.29, 0.717) is 5.01 Å². The number of hydrazine groups is 1. The maximum Gasteiger partial charge on any atom is 0.338 e. The van der Waals surface area contributed by atoms with Gasteiger partial charge in [0, 0.05) is 5.75 Å². The number of nitrogens with zero attached hydrogens (tertiary/aromatic N) is 1. The molecular weight excluding hydrogens is 636 g/mol. The molecule has 0 aromatic carbocycles. The molecule has 0 spiro atoms. The minimum absolute atomic E-state index is 0.0339. The van der Waals surface area contributed by atoms with Crippen LogP contribution in [0.5, 0.6) is 0 Å². The van der Waals surface area contributed by atoms with E-state index in [2.05, 4.69) is 44.1 Å². The molecule has 1 saturated heterocycles. The van der Waals surface area contributed by atoms with Crippen molar-refractivity contribution in [3.8, 4) is 0 Å². The summed E-state index contributed by atoms with van der Waals surface area (Å²) in [6.45, 7) is 4.52. The van der Waals surface area contributed by atoms with Crippen molar-refractivity contribution < 1.29 is 57.4 Å². The number of hydrogen-bond acceptors (Lipinski definition) is 14. The van der Waals surface area contributed by atoms with E-state index in [1.165, 1.54) is 6.92 Å². The van der Waals surface area contributed by atoms with Gasteiger partial charge in [-0.15, -0.1) is 0 Å². The highest BCUT2D eigenvalue weighted by Crippen LogP contribution is 2.25. The van der Waals surface area contributed by atoms with Crippen molar-refractivity contribution in [2.45, 2.75) is 64.1 Å². The summed E-state index contributed by atoms with van der Waals surface area (Å²) < 4.78 is 14.3. The molecule has 1 aliphatic heterocycles. The van der Waals surface area contributed by atoms with Crippen molar-refractivity contribution in [1.29, 1.82) is 0 Å². The predicted octanol–water partition coefficient (Wildman–Crippen LogP) is -5.66. The summed E-state index contributed by atoms with van der Waals surface area (Å²) in [5.41, 5.74) is 12.9. The number of nitrogens with one attached hydrogen (secondary N) is 5. The minimum atomic E-state index is -1.86. The number of hydrogen-bond donors (Lipinski definition) is 8. The fraction of sp³-hybridized carbons (Fsp3) is 0.640. The second kappa shape index (κ2) is 18.5. The number of methoxy groups -OCH3 is 1. The van der Waals surface area contributed by atoms with Crippen LogP contribution in [0.3, 0.4) is 0 Å². The van der Waals surface area contributed by atoms with Crippen molar-refractivity contribution in [2.75, 3.05) is 32.6 Å². The molecule has 7 amide bonds. The van der Waals surface area contributed by atoms with Gasteiger partial charge in [0.1, 0.15) is 24.7 Å². The van der Waals surface area contributed by atoms with E-state index < -0.39 is 109 Å². The Kier molecular flexibility index (Phi) is 15.9. The number of thiol groups is 1. The second-order valence-corrected chi connectivity index (χ2v) is 10.4. The molecule has 6 atom stereocenters. The summed E-state index contributed by atoms with van der Waals surface area (Å²) in [7, 11) is 1.04. The van der Waals surface area contributed by atoms with Crippen LogP contribution in [0.2, 0.25) is 0 Å². The first-order chi connectivity index (χ1) is 21.5. The molecule has 9 N–H and O–H groups in total. The fourth-order valence-electron chi connectivity index (χ4n) is 3.45. The number of rotatable bonds is 17. The molecule has 1 aliphatic rings. The highest BCUT2D eigenvalue weighted by atomic mass is 32.1. The van der Waals surface area contributed by atoms with Gasteiger partial charge in [0.25, 0.3) is 11.8 Å². The Morgan fingerprint density at radius 2 is 1.54 bits per heavy atom. The van der Waals surface area contributed by atoms with E-state index in [9.17, 15) is 43.2 Å². The SMILES string of the molecule is CCOC(=O)C1OC1C(=O)N(CC(=O)OC)NC(=O)C(C)NC(=O)C(NC(=O)C(N)C(=O)NCC(=O)NC(CS)C(N)=O)C(C)C. The number of primary amides is 1. The van der Waals surface area contributed by atoms with Gasteiger partial charge < -0.3 is 46.9 Å². The van der Waals surface area contributed by atoms with E-state index in [4.69, 9.17) is 20.9 Å². The van der Waals surface area contributed by atoms with E-state index in [-0.39, 0.29) is 12.4 Å². The standard InChI is InChI=1S/C25H40N8O12S/c1-6-44-25(42)18-17(45-18)24(41)33(8-14(35)43-5)32-20(37)11(4)29-23(40)16(10(2)3)31-22(39)15(26)21(38)28-7-13(34)30-12(9-46)19(27)36/h10-12,15-18,46H,6-9,26H2,1-5H3,(H2,27,36)(H,28,38)(H,29,40)(H,30,34)(H,31,39)(H,32,37). The van der Waals surface area contributed by atoms with Crippen LogP contribution in [0.25, 0.3) is 0 Å². The molecule has 1 rings (SSSR count). The highest BCUT2D eigenvalue weighted by molar-refractivity contribution is 7.80. The Morgan fingerprint density at radius 1 is 0.913 bits per heavy atom. The lowest BCUT2D eigenvalue weighted by atomic mass is 10.0. The van der Waals surface area contributed by atoms with Crippen molar-refractivity contribution >= 4 is 65.9 Å². The molecule has 0 radical (unpaired) electrons. The summed E-state index contributed by atoms with van der Waals surface area (Å²) >= 11 is 3.87. The molecule has 258 valence electrons. The molecule has 20 nitrogen and oxygen atoms in total. The summed E-state index contributed by atoms with van der Waals surface area (Å²) in [4.78, 5) is 110. The average molecular weight is 677 g/mol. The Morgan fingerprint density at radius 3 is 2.07 bits per heavy atom.